The van der Waals surface area contributed by atoms with E-state index in [0.29, 0.717) is 22.8 Å². The van der Waals surface area contributed by atoms with E-state index in [1.807, 2.05) is 0 Å². The van der Waals surface area contributed by atoms with Crippen LogP contribution in [0.5, 0.6) is 17.2 Å². The predicted molar refractivity (Wildman–Crippen MR) is 68.8 cm³/mol. The Morgan fingerprint density at radius 1 is 1.12 bits per heavy atom. The van der Waals surface area contributed by atoms with Crippen LogP contribution in [0.3, 0.4) is 0 Å². The highest BCUT2D eigenvalue weighted by molar-refractivity contribution is 14.1. The lowest BCUT2D eigenvalue weighted by atomic mass is 10.1. The number of ether oxygens (including phenoxy) is 3. The zero-order valence-electron chi connectivity index (χ0n) is 9.59. The third-order valence-corrected chi connectivity index (χ3v) is 3.22. The molecule has 0 radical (unpaired) electrons. The molecule has 4 nitrogen and oxygen atoms in total. The number of carbonyl (C=O) groups excluding carboxylic acids is 1. The number of halogens is 1. The number of methoxy groups -OCH3 is 3. The number of hydrogen-bond acceptors (Lipinski definition) is 4. The molecule has 1 rings (SSSR count). The quantitative estimate of drug-likeness (QED) is 0.626. The van der Waals surface area contributed by atoms with E-state index in [2.05, 4.69) is 22.6 Å². The Hall–Kier alpha value is -0.980. The van der Waals surface area contributed by atoms with E-state index in [1.54, 1.807) is 6.07 Å². The highest BCUT2D eigenvalue weighted by Crippen LogP contribution is 2.42. The zero-order chi connectivity index (χ0) is 12.3. The highest BCUT2D eigenvalue weighted by Gasteiger charge is 2.20. The second kappa shape index (κ2) is 5.38. The van der Waals surface area contributed by atoms with Crippen molar-refractivity contribution in [1.82, 2.24) is 0 Å². The lowest BCUT2D eigenvalue weighted by Gasteiger charge is -2.15. The molecular formula is C11H13IO4. The van der Waals surface area contributed by atoms with Gasteiger partial charge in [0, 0.05) is 5.56 Å². The van der Waals surface area contributed by atoms with Crippen molar-refractivity contribution in [2.45, 2.75) is 6.92 Å². The molecule has 0 N–H and O–H groups in total. The van der Waals surface area contributed by atoms with Crippen molar-refractivity contribution in [3.63, 3.8) is 0 Å². The fourth-order valence-corrected chi connectivity index (χ4v) is 2.38. The Balaban J connectivity index is 3.54. The van der Waals surface area contributed by atoms with Gasteiger partial charge in [-0.25, -0.2) is 0 Å². The van der Waals surface area contributed by atoms with E-state index in [0.717, 1.165) is 3.57 Å². The van der Waals surface area contributed by atoms with Gasteiger partial charge in [0.25, 0.3) is 0 Å². The highest BCUT2D eigenvalue weighted by atomic mass is 127. The summed E-state index contributed by atoms with van der Waals surface area (Å²) in [4.78, 5) is 11.4. The summed E-state index contributed by atoms with van der Waals surface area (Å²) < 4.78 is 16.3. The minimum absolute atomic E-state index is 0.0383. The van der Waals surface area contributed by atoms with Crippen molar-refractivity contribution in [2.24, 2.45) is 0 Å². The topological polar surface area (TPSA) is 44.8 Å². The maximum Gasteiger partial charge on any atom is 0.204 e. The molecule has 0 saturated carbocycles. The molecule has 0 aliphatic rings. The lowest BCUT2D eigenvalue weighted by molar-refractivity contribution is 0.101. The Bertz CT molecular complexity index is 415. The minimum Gasteiger partial charge on any atom is -0.493 e. The summed E-state index contributed by atoms with van der Waals surface area (Å²) in [5, 5.41) is 0. The summed E-state index contributed by atoms with van der Waals surface area (Å²) in [6, 6.07) is 1.66. The number of ketones is 1. The number of rotatable bonds is 4. The largest absolute Gasteiger partial charge is 0.493 e. The van der Waals surface area contributed by atoms with Gasteiger partial charge in [0.2, 0.25) is 5.75 Å². The van der Waals surface area contributed by atoms with Gasteiger partial charge in [-0.15, -0.1) is 0 Å². The third kappa shape index (κ3) is 2.23. The van der Waals surface area contributed by atoms with Crippen LogP contribution in [-0.4, -0.2) is 27.1 Å². The van der Waals surface area contributed by atoms with E-state index < -0.39 is 0 Å². The zero-order valence-corrected chi connectivity index (χ0v) is 11.7. The van der Waals surface area contributed by atoms with Crippen molar-refractivity contribution >= 4 is 28.4 Å². The summed E-state index contributed by atoms with van der Waals surface area (Å²) in [6.45, 7) is 1.50. The van der Waals surface area contributed by atoms with Crippen molar-refractivity contribution in [3.05, 3.63) is 15.2 Å². The fourth-order valence-electron chi connectivity index (χ4n) is 1.38. The van der Waals surface area contributed by atoms with Crippen LogP contribution in [-0.2, 0) is 0 Å². The molecule has 0 atom stereocenters. The van der Waals surface area contributed by atoms with Crippen molar-refractivity contribution in [3.8, 4) is 17.2 Å². The molecule has 88 valence electrons. The first-order chi connectivity index (χ1) is 7.56. The molecule has 0 saturated heterocycles. The molecule has 1 aromatic rings. The van der Waals surface area contributed by atoms with Crippen LogP contribution in [0.4, 0.5) is 0 Å². The van der Waals surface area contributed by atoms with E-state index in [9.17, 15) is 4.79 Å². The van der Waals surface area contributed by atoms with Crippen LogP contribution >= 0.6 is 22.6 Å². The van der Waals surface area contributed by atoms with Crippen LogP contribution in [0.2, 0.25) is 0 Å². The number of Topliss-reactive ketones (excluding diaryl/α,β-unsaturated/α-hetero) is 1. The van der Waals surface area contributed by atoms with Gasteiger partial charge in [0.1, 0.15) is 0 Å². The maximum atomic E-state index is 11.4. The maximum absolute atomic E-state index is 11.4. The SMILES string of the molecule is COc1cc(C(C)=O)c(I)c(OC)c1OC. The van der Waals surface area contributed by atoms with Gasteiger partial charge in [-0.2, -0.15) is 0 Å². The summed E-state index contributed by atoms with van der Waals surface area (Å²) in [6.07, 6.45) is 0. The molecule has 0 aliphatic heterocycles. The number of hydrogen-bond donors (Lipinski definition) is 0. The van der Waals surface area contributed by atoms with Crippen molar-refractivity contribution in [1.29, 1.82) is 0 Å². The molecular weight excluding hydrogens is 323 g/mol. The number of benzene rings is 1. The second-order valence-corrected chi connectivity index (χ2v) is 4.14. The normalized spacial score (nSPS) is 9.81. The van der Waals surface area contributed by atoms with Crippen molar-refractivity contribution in [2.75, 3.05) is 21.3 Å². The van der Waals surface area contributed by atoms with E-state index in [1.165, 1.54) is 28.3 Å². The van der Waals surface area contributed by atoms with Crippen molar-refractivity contribution < 1.29 is 19.0 Å². The van der Waals surface area contributed by atoms with E-state index >= 15 is 0 Å². The molecule has 0 aliphatic carbocycles. The standard InChI is InChI=1S/C11H13IO4/c1-6(13)7-5-8(14-2)10(15-3)11(16-4)9(7)12/h5H,1-4H3. The van der Waals surface area contributed by atoms with E-state index in [4.69, 9.17) is 14.2 Å². The van der Waals surface area contributed by atoms with Gasteiger partial charge in [-0.1, -0.05) is 0 Å². The van der Waals surface area contributed by atoms with E-state index in [-0.39, 0.29) is 5.78 Å². The van der Waals surface area contributed by atoms with Crippen LogP contribution in [0.25, 0.3) is 0 Å². The summed E-state index contributed by atoms with van der Waals surface area (Å²) in [5.41, 5.74) is 0.565. The monoisotopic (exact) mass is 336 g/mol. The summed E-state index contributed by atoms with van der Waals surface area (Å²) in [5.74, 6) is 1.47. The second-order valence-electron chi connectivity index (χ2n) is 3.06. The molecule has 16 heavy (non-hydrogen) atoms. The molecule has 0 bridgehead atoms. The molecule has 0 amide bonds. The van der Waals surface area contributed by atoms with Gasteiger partial charge >= 0.3 is 0 Å². The fraction of sp³-hybridized carbons (Fsp3) is 0.364. The Morgan fingerprint density at radius 2 is 1.69 bits per heavy atom. The Kier molecular flexibility index (Phi) is 4.40. The first-order valence-electron chi connectivity index (χ1n) is 4.56. The predicted octanol–water partition coefficient (Wildman–Crippen LogP) is 2.52. The van der Waals surface area contributed by atoms with Crippen LogP contribution in [0.15, 0.2) is 6.07 Å². The molecule has 0 spiro atoms. The average molecular weight is 336 g/mol. The molecule has 0 unspecified atom stereocenters. The average Bonchev–Trinajstić information content (AvgIpc) is 2.27. The van der Waals surface area contributed by atoms with Gasteiger partial charge in [-0.05, 0) is 35.6 Å². The smallest absolute Gasteiger partial charge is 0.204 e. The van der Waals surface area contributed by atoms with Gasteiger partial charge in [0.15, 0.2) is 17.3 Å². The third-order valence-electron chi connectivity index (χ3n) is 2.15. The number of carbonyl (C=O) groups is 1. The van der Waals surface area contributed by atoms with Gasteiger partial charge in [0.05, 0.1) is 24.9 Å². The first-order valence-corrected chi connectivity index (χ1v) is 5.64. The van der Waals surface area contributed by atoms with Gasteiger partial charge < -0.3 is 14.2 Å². The van der Waals surface area contributed by atoms with Crippen LogP contribution in [0.1, 0.15) is 17.3 Å². The van der Waals surface area contributed by atoms with Crippen LogP contribution < -0.4 is 14.2 Å². The summed E-state index contributed by atoms with van der Waals surface area (Å²) in [7, 11) is 4.58. The summed E-state index contributed by atoms with van der Waals surface area (Å²) >= 11 is 2.06. The van der Waals surface area contributed by atoms with Gasteiger partial charge in [-0.3, -0.25) is 4.79 Å². The molecule has 1 aromatic carbocycles. The lowest BCUT2D eigenvalue weighted by Crippen LogP contribution is -2.03. The molecule has 0 fully saturated rings. The molecule has 0 aromatic heterocycles. The Labute approximate surface area is 108 Å². The Morgan fingerprint density at radius 3 is 2.06 bits per heavy atom. The molecule has 5 heteroatoms. The van der Waals surface area contributed by atoms with Crippen LogP contribution in [0, 0.1) is 3.57 Å². The minimum atomic E-state index is -0.0383. The molecule has 0 heterocycles. The first kappa shape index (κ1) is 13.1.